The molecule has 90 valence electrons. The van der Waals surface area contributed by atoms with Crippen LogP contribution in [0, 0.1) is 12.3 Å². The third kappa shape index (κ3) is 8.32. The number of aliphatic hydroxyl groups is 1. The minimum atomic E-state index is -0.946. The highest BCUT2D eigenvalue weighted by atomic mass is 16.3. The molecule has 1 N–H and O–H groups in total. The Kier molecular flexibility index (Phi) is 6.85. The van der Waals surface area contributed by atoms with Crippen LogP contribution in [0.2, 0.25) is 0 Å². The highest BCUT2D eigenvalue weighted by Gasteiger charge is 2.14. The average molecular weight is 220 g/mol. The molecule has 1 heteroatoms. The van der Waals surface area contributed by atoms with Crippen molar-refractivity contribution >= 4 is 0 Å². The lowest BCUT2D eigenvalue weighted by atomic mass is 9.98. The molecule has 1 atom stereocenters. The lowest BCUT2D eigenvalue weighted by molar-refractivity contribution is 0.110. The van der Waals surface area contributed by atoms with Crippen LogP contribution < -0.4 is 0 Å². The van der Waals surface area contributed by atoms with E-state index in [0.717, 1.165) is 25.7 Å². The first-order chi connectivity index (χ1) is 7.37. The summed E-state index contributed by atoms with van der Waals surface area (Å²) in [7, 11) is 0. The number of allylic oxidation sites excluding steroid dienone is 3. The summed E-state index contributed by atoms with van der Waals surface area (Å²) in [5.41, 5.74) is 1.64. The van der Waals surface area contributed by atoms with E-state index in [9.17, 15) is 5.11 Å². The first-order valence-corrected chi connectivity index (χ1v) is 5.87. The van der Waals surface area contributed by atoms with Gasteiger partial charge >= 0.3 is 0 Å². The minimum absolute atomic E-state index is 0.662. The molecule has 0 aromatic carbocycles. The second-order valence-electron chi connectivity index (χ2n) is 4.82. The van der Waals surface area contributed by atoms with Gasteiger partial charge in [0.2, 0.25) is 0 Å². The third-order valence-corrected chi connectivity index (χ3v) is 2.61. The third-order valence-electron chi connectivity index (χ3n) is 2.61. The van der Waals surface area contributed by atoms with Crippen LogP contribution in [0.1, 0.15) is 52.9 Å². The first kappa shape index (κ1) is 15.0. The van der Waals surface area contributed by atoms with Crippen molar-refractivity contribution in [3.8, 4) is 12.3 Å². The molecule has 0 aromatic heterocycles. The van der Waals surface area contributed by atoms with Gasteiger partial charge < -0.3 is 5.11 Å². The Labute approximate surface area is 100 Å². The average Bonchev–Trinajstić information content (AvgIpc) is 2.17. The van der Waals surface area contributed by atoms with E-state index < -0.39 is 5.60 Å². The molecule has 0 saturated carbocycles. The quantitative estimate of drug-likeness (QED) is 0.510. The van der Waals surface area contributed by atoms with Crippen LogP contribution in [0.3, 0.4) is 0 Å². The zero-order valence-electron chi connectivity index (χ0n) is 10.8. The van der Waals surface area contributed by atoms with E-state index >= 15 is 0 Å². The van der Waals surface area contributed by atoms with E-state index in [-0.39, 0.29) is 0 Å². The van der Waals surface area contributed by atoms with Crippen molar-refractivity contribution in [3.05, 3.63) is 23.8 Å². The number of hydrogen-bond donors (Lipinski definition) is 1. The SMILES string of the molecule is C#CC(C)(O)CCCC(C)=CCCC(=C)C. The van der Waals surface area contributed by atoms with Crippen LogP contribution in [0.15, 0.2) is 23.8 Å². The van der Waals surface area contributed by atoms with Gasteiger partial charge in [-0.25, -0.2) is 0 Å². The summed E-state index contributed by atoms with van der Waals surface area (Å²) in [6.45, 7) is 9.74. The maximum Gasteiger partial charge on any atom is 0.122 e. The van der Waals surface area contributed by atoms with E-state index in [1.54, 1.807) is 6.92 Å². The van der Waals surface area contributed by atoms with E-state index in [2.05, 4.69) is 25.5 Å². The monoisotopic (exact) mass is 220 g/mol. The van der Waals surface area contributed by atoms with Crippen molar-refractivity contribution in [2.45, 2.75) is 58.5 Å². The molecular weight excluding hydrogens is 196 g/mol. The molecule has 1 unspecified atom stereocenters. The summed E-state index contributed by atoms with van der Waals surface area (Å²) < 4.78 is 0. The van der Waals surface area contributed by atoms with E-state index in [4.69, 9.17) is 6.42 Å². The maximum absolute atomic E-state index is 9.62. The standard InChI is InChI=1S/C15H24O/c1-6-15(5,16)12-8-11-14(4)10-7-9-13(2)3/h1,10,16H,2,7-9,11-12H2,3-5H3. The van der Waals surface area contributed by atoms with E-state index in [1.165, 1.54) is 11.1 Å². The molecule has 0 spiro atoms. The van der Waals surface area contributed by atoms with Gasteiger partial charge in [-0.1, -0.05) is 23.1 Å². The Bertz CT molecular complexity index is 289. The number of rotatable bonds is 7. The zero-order valence-corrected chi connectivity index (χ0v) is 10.8. The van der Waals surface area contributed by atoms with Crippen molar-refractivity contribution in [1.29, 1.82) is 0 Å². The van der Waals surface area contributed by atoms with Crippen molar-refractivity contribution in [1.82, 2.24) is 0 Å². The fourth-order valence-electron chi connectivity index (χ4n) is 1.45. The normalized spacial score (nSPS) is 15.3. The van der Waals surface area contributed by atoms with Crippen LogP contribution in [0.25, 0.3) is 0 Å². The van der Waals surface area contributed by atoms with Crippen LogP contribution >= 0.6 is 0 Å². The second-order valence-corrected chi connectivity index (χ2v) is 4.82. The summed E-state index contributed by atoms with van der Waals surface area (Å²) in [6, 6.07) is 0. The molecule has 0 bridgehead atoms. The Hall–Kier alpha value is -1.00. The largest absolute Gasteiger partial charge is 0.378 e. The van der Waals surface area contributed by atoms with Crippen LogP contribution in [-0.2, 0) is 0 Å². The Morgan fingerprint density at radius 1 is 1.44 bits per heavy atom. The lowest BCUT2D eigenvalue weighted by Gasteiger charge is -2.15. The highest BCUT2D eigenvalue weighted by molar-refractivity contribution is 5.05. The molecule has 0 fully saturated rings. The van der Waals surface area contributed by atoms with Crippen molar-refractivity contribution in [2.75, 3.05) is 0 Å². The van der Waals surface area contributed by atoms with Gasteiger partial charge in [0.1, 0.15) is 5.60 Å². The van der Waals surface area contributed by atoms with Gasteiger partial charge in [0.25, 0.3) is 0 Å². The first-order valence-electron chi connectivity index (χ1n) is 5.87. The Balaban J connectivity index is 3.77. The molecule has 0 rings (SSSR count). The fourth-order valence-corrected chi connectivity index (χ4v) is 1.45. The van der Waals surface area contributed by atoms with Crippen molar-refractivity contribution < 1.29 is 5.11 Å². The lowest BCUT2D eigenvalue weighted by Crippen LogP contribution is -2.20. The maximum atomic E-state index is 9.62. The smallest absolute Gasteiger partial charge is 0.122 e. The fraction of sp³-hybridized carbons (Fsp3) is 0.600. The van der Waals surface area contributed by atoms with Gasteiger partial charge in [0.05, 0.1) is 0 Å². The Morgan fingerprint density at radius 3 is 2.56 bits per heavy atom. The van der Waals surface area contributed by atoms with Crippen LogP contribution in [0.4, 0.5) is 0 Å². The predicted octanol–water partition coefficient (Wildman–Crippen LogP) is 3.84. The molecule has 0 aromatic rings. The summed E-state index contributed by atoms with van der Waals surface area (Å²) in [5.74, 6) is 2.40. The molecular formula is C15H24O. The van der Waals surface area contributed by atoms with Gasteiger partial charge in [0, 0.05) is 0 Å². The highest BCUT2D eigenvalue weighted by Crippen LogP contribution is 2.16. The molecule has 0 aliphatic heterocycles. The molecule has 0 heterocycles. The van der Waals surface area contributed by atoms with Crippen molar-refractivity contribution in [3.63, 3.8) is 0 Å². The molecule has 1 nitrogen and oxygen atoms in total. The summed E-state index contributed by atoms with van der Waals surface area (Å²) in [4.78, 5) is 0. The summed E-state index contributed by atoms with van der Waals surface area (Å²) in [5, 5.41) is 9.62. The Morgan fingerprint density at radius 2 is 2.06 bits per heavy atom. The van der Waals surface area contributed by atoms with Gasteiger partial charge in [-0.2, -0.15) is 0 Å². The number of hydrogen-bond acceptors (Lipinski definition) is 1. The minimum Gasteiger partial charge on any atom is -0.378 e. The van der Waals surface area contributed by atoms with Crippen LogP contribution in [0.5, 0.6) is 0 Å². The van der Waals surface area contributed by atoms with Crippen molar-refractivity contribution in [2.24, 2.45) is 0 Å². The van der Waals surface area contributed by atoms with Gasteiger partial charge in [-0.05, 0) is 52.9 Å². The van der Waals surface area contributed by atoms with Crippen LogP contribution in [-0.4, -0.2) is 10.7 Å². The molecule has 0 saturated heterocycles. The summed E-state index contributed by atoms with van der Waals surface area (Å²) in [6.07, 6.45) is 12.2. The van der Waals surface area contributed by atoms with E-state index in [1.807, 2.05) is 6.92 Å². The molecule has 0 radical (unpaired) electrons. The molecule has 16 heavy (non-hydrogen) atoms. The summed E-state index contributed by atoms with van der Waals surface area (Å²) >= 11 is 0. The second kappa shape index (κ2) is 7.30. The van der Waals surface area contributed by atoms with Gasteiger partial charge in [-0.15, -0.1) is 13.0 Å². The number of terminal acetylenes is 1. The zero-order chi connectivity index (χ0) is 12.6. The van der Waals surface area contributed by atoms with Gasteiger partial charge in [0.15, 0.2) is 0 Å². The molecule has 0 amide bonds. The van der Waals surface area contributed by atoms with Gasteiger partial charge in [-0.3, -0.25) is 0 Å². The topological polar surface area (TPSA) is 20.2 Å². The molecule has 0 aliphatic carbocycles. The predicted molar refractivity (Wildman–Crippen MR) is 71.1 cm³/mol. The molecule has 0 aliphatic rings. The van der Waals surface area contributed by atoms with E-state index in [0.29, 0.717) is 6.42 Å².